The minimum absolute atomic E-state index is 0.165. The van der Waals surface area contributed by atoms with Gasteiger partial charge in [0.15, 0.2) is 0 Å². The van der Waals surface area contributed by atoms with Gasteiger partial charge in [-0.1, -0.05) is 0 Å². The molecule has 0 fully saturated rings. The van der Waals surface area contributed by atoms with Crippen LogP contribution in [0.3, 0.4) is 0 Å². The van der Waals surface area contributed by atoms with Crippen molar-refractivity contribution >= 4 is 0 Å². The molecule has 0 aliphatic carbocycles. The molecular formula is C12H20N6. The molecule has 1 atom stereocenters. The lowest BCUT2D eigenvalue weighted by Gasteiger charge is -2.26. The number of imidazole rings is 1. The van der Waals surface area contributed by atoms with Crippen molar-refractivity contribution in [1.29, 1.82) is 0 Å². The highest BCUT2D eigenvalue weighted by molar-refractivity contribution is 5.08. The lowest BCUT2D eigenvalue weighted by atomic mass is 10.1. The highest BCUT2D eigenvalue weighted by Gasteiger charge is 2.18. The second kappa shape index (κ2) is 5.32. The van der Waals surface area contributed by atoms with E-state index in [1.165, 1.54) is 5.56 Å². The summed E-state index contributed by atoms with van der Waals surface area (Å²) in [6.45, 7) is 1.39. The van der Waals surface area contributed by atoms with Gasteiger partial charge in [0.2, 0.25) is 0 Å². The Hall–Kier alpha value is -1.66. The van der Waals surface area contributed by atoms with E-state index >= 15 is 0 Å². The number of nitrogens with zero attached hydrogens (tertiary/aromatic N) is 5. The molecule has 0 aromatic carbocycles. The Morgan fingerprint density at radius 3 is 2.67 bits per heavy atom. The zero-order chi connectivity index (χ0) is 13.1. The Labute approximate surface area is 107 Å². The van der Waals surface area contributed by atoms with Gasteiger partial charge in [-0.3, -0.25) is 9.58 Å². The molecule has 0 aliphatic heterocycles. The Bertz CT molecular complexity index is 500. The fraction of sp³-hybridized carbons (Fsp3) is 0.500. The number of hydrogen-bond donors (Lipinski definition) is 1. The third-order valence-corrected chi connectivity index (χ3v) is 3.14. The van der Waals surface area contributed by atoms with Gasteiger partial charge in [-0.05, 0) is 7.05 Å². The van der Waals surface area contributed by atoms with Gasteiger partial charge in [-0.2, -0.15) is 5.10 Å². The molecule has 0 radical (unpaired) electrons. The summed E-state index contributed by atoms with van der Waals surface area (Å²) in [4.78, 5) is 6.36. The van der Waals surface area contributed by atoms with E-state index in [2.05, 4.69) is 22.0 Å². The van der Waals surface area contributed by atoms with Crippen molar-refractivity contribution in [2.75, 3.05) is 13.6 Å². The maximum absolute atomic E-state index is 5.89. The number of aromatic nitrogens is 4. The van der Waals surface area contributed by atoms with Gasteiger partial charge in [0.05, 0.1) is 24.3 Å². The van der Waals surface area contributed by atoms with Crippen LogP contribution in [-0.2, 0) is 20.6 Å². The van der Waals surface area contributed by atoms with E-state index in [0.29, 0.717) is 6.54 Å². The number of nitrogens with two attached hydrogens (primary N) is 1. The van der Waals surface area contributed by atoms with Crippen LogP contribution in [0.2, 0.25) is 0 Å². The fourth-order valence-corrected chi connectivity index (χ4v) is 2.17. The average Bonchev–Trinajstić information content (AvgIpc) is 2.90. The molecule has 2 aromatic rings. The van der Waals surface area contributed by atoms with Crippen LogP contribution in [0.15, 0.2) is 24.9 Å². The molecule has 0 spiro atoms. The van der Waals surface area contributed by atoms with Gasteiger partial charge >= 0.3 is 0 Å². The molecule has 6 heteroatoms. The van der Waals surface area contributed by atoms with Crippen molar-refractivity contribution in [1.82, 2.24) is 24.2 Å². The van der Waals surface area contributed by atoms with Crippen molar-refractivity contribution in [2.45, 2.75) is 12.6 Å². The predicted molar refractivity (Wildman–Crippen MR) is 69.7 cm³/mol. The van der Waals surface area contributed by atoms with E-state index in [0.717, 1.165) is 12.2 Å². The molecule has 0 saturated carbocycles. The van der Waals surface area contributed by atoms with Gasteiger partial charge in [0.25, 0.3) is 0 Å². The molecule has 0 saturated heterocycles. The molecule has 0 aliphatic rings. The van der Waals surface area contributed by atoms with Crippen molar-refractivity contribution in [3.8, 4) is 0 Å². The highest BCUT2D eigenvalue weighted by atomic mass is 15.2. The summed E-state index contributed by atoms with van der Waals surface area (Å²) >= 11 is 0. The highest BCUT2D eigenvalue weighted by Crippen LogP contribution is 2.19. The second-order valence-corrected chi connectivity index (χ2v) is 4.62. The zero-order valence-corrected chi connectivity index (χ0v) is 11.1. The van der Waals surface area contributed by atoms with Crippen LogP contribution in [0.4, 0.5) is 0 Å². The van der Waals surface area contributed by atoms with Crippen LogP contribution in [0.25, 0.3) is 0 Å². The first-order valence-electron chi connectivity index (χ1n) is 5.96. The van der Waals surface area contributed by atoms with Crippen LogP contribution >= 0.6 is 0 Å². The molecule has 1 unspecified atom stereocenters. The van der Waals surface area contributed by atoms with Crippen molar-refractivity contribution in [2.24, 2.45) is 19.8 Å². The second-order valence-electron chi connectivity index (χ2n) is 4.62. The van der Waals surface area contributed by atoms with E-state index in [1.807, 2.05) is 41.9 Å². The van der Waals surface area contributed by atoms with Crippen LogP contribution in [0.1, 0.15) is 17.3 Å². The summed E-state index contributed by atoms with van der Waals surface area (Å²) in [6.07, 6.45) is 7.58. The molecular weight excluding hydrogens is 228 g/mol. The molecule has 2 heterocycles. The molecule has 0 amide bonds. The van der Waals surface area contributed by atoms with Gasteiger partial charge in [0.1, 0.15) is 0 Å². The minimum atomic E-state index is 0.165. The molecule has 6 nitrogen and oxygen atoms in total. The number of rotatable bonds is 5. The van der Waals surface area contributed by atoms with E-state index in [1.54, 1.807) is 6.33 Å². The first-order chi connectivity index (χ1) is 8.61. The van der Waals surface area contributed by atoms with E-state index in [9.17, 15) is 0 Å². The lowest BCUT2D eigenvalue weighted by Crippen LogP contribution is -2.31. The summed E-state index contributed by atoms with van der Waals surface area (Å²) < 4.78 is 3.82. The number of likely N-dealkylation sites (N-methyl/N-ethyl adjacent to an activating group) is 1. The third-order valence-electron chi connectivity index (χ3n) is 3.14. The summed E-state index contributed by atoms with van der Waals surface area (Å²) in [6, 6.07) is 0.165. The SMILES string of the molecule is CN(Cc1cnn(C)c1)C(CN)c1cncn1C. The van der Waals surface area contributed by atoms with Crippen molar-refractivity contribution in [3.05, 3.63) is 36.2 Å². The molecule has 98 valence electrons. The van der Waals surface area contributed by atoms with Gasteiger partial charge in [-0.25, -0.2) is 4.98 Å². The largest absolute Gasteiger partial charge is 0.336 e. The van der Waals surface area contributed by atoms with Gasteiger partial charge in [-0.15, -0.1) is 0 Å². The Morgan fingerprint density at radius 2 is 2.17 bits per heavy atom. The monoisotopic (exact) mass is 248 g/mol. The lowest BCUT2D eigenvalue weighted by molar-refractivity contribution is 0.234. The van der Waals surface area contributed by atoms with Gasteiger partial charge in [0, 0.05) is 45.1 Å². The Balaban J connectivity index is 2.11. The van der Waals surface area contributed by atoms with Crippen LogP contribution in [0.5, 0.6) is 0 Å². The van der Waals surface area contributed by atoms with Crippen LogP contribution in [0, 0.1) is 0 Å². The van der Waals surface area contributed by atoms with Crippen LogP contribution in [-0.4, -0.2) is 37.8 Å². The predicted octanol–water partition coefficient (Wildman–Crippen LogP) is 0.285. The fourth-order valence-electron chi connectivity index (χ4n) is 2.17. The maximum Gasteiger partial charge on any atom is 0.0946 e. The smallest absolute Gasteiger partial charge is 0.0946 e. The van der Waals surface area contributed by atoms with Crippen LogP contribution < -0.4 is 5.73 Å². The van der Waals surface area contributed by atoms with Gasteiger partial charge < -0.3 is 10.3 Å². The maximum atomic E-state index is 5.89. The summed E-state index contributed by atoms with van der Waals surface area (Å²) in [7, 11) is 5.98. The quantitative estimate of drug-likeness (QED) is 0.825. The molecule has 2 N–H and O–H groups in total. The van der Waals surface area contributed by atoms with E-state index in [-0.39, 0.29) is 6.04 Å². The standard InChI is InChI=1S/C12H20N6/c1-16(7-10-5-15-18(3)8-10)11(4-13)12-6-14-9-17(12)2/h5-6,8-9,11H,4,7,13H2,1-3H3. The first-order valence-corrected chi connectivity index (χ1v) is 5.96. The van der Waals surface area contributed by atoms with Crippen molar-refractivity contribution < 1.29 is 0 Å². The molecule has 2 aromatic heterocycles. The zero-order valence-electron chi connectivity index (χ0n) is 11.1. The minimum Gasteiger partial charge on any atom is -0.336 e. The summed E-state index contributed by atoms with van der Waals surface area (Å²) in [5.74, 6) is 0. The molecule has 18 heavy (non-hydrogen) atoms. The number of hydrogen-bond acceptors (Lipinski definition) is 4. The summed E-state index contributed by atoms with van der Waals surface area (Å²) in [5.41, 5.74) is 8.20. The number of aryl methyl sites for hydroxylation is 2. The third kappa shape index (κ3) is 2.60. The Kier molecular flexibility index (Phi) is 3.78. The van der Waals surface area contributed by atoms with E-state index in [4.69, 9.17) is 5.73 Å². The van der Waals surface area contributed by atoms with Crippen molar-refractivity contribution in [3.63, 3.8) is 0 Å². The summed E-state index contributed by atoms with van der Waals surface area (Å²) in [5, 5.41) is 4.18. The molecule has 0 bridgehead atoms. The molecule has 2 rings (SSSR count). The topological polar surface area (TPSA) is 64.9 Å². The normalized spacial score (nSPS) is 13.2. The average molecular weight is 248 g/mol. The Morgan fingerprint density at radius 1 is 1.39 bits per heavy atom. The first kappa shape index (κ1) is 12.8. The van der Waals surface area contributed by atoms with E-state index < -0.39 is 0 Å².